The molecular formula is C17H24N2O. The topological polar surface area (TPSA) is 37.0 Å². The minimum absolute atomic E-state index is 0.597. The molecule has 2 aromatic rings. The molecule has 20 heavy (non-hydrogen) atoms. The van der Waals surface area contributed by atoms with Crippen LogP contribution in [0.25, 0.3) is 10.9 Å². The average Bonchev–Trinajstić information content (AvgIpc) is 2.86. The fourth-order valence-electron chi connectivity index (χ4n) is 3.51. The van der Waals surface area contributed by atoms with Crippen molar-refractivity contribution in [1.29, 1.82) is 0 Å². The third-order valence-corrected chi connectivity index (χ3v) is 4.49. The summed E-state index contributed by atoms with van der Waals surface area (Å²) in [6.45, 7) is 6.53. The molecule has 0 fully saturated rings. The normalized spacial score (nSPS) is 18.9. The maximum atomic E-state index is 5.63. The van der Waals surface area contributed by atoms with Crippen molar-refractivity contribution in [3.63, 3.8) is 0 Å². The third kappa shape index (κ3) is 2.10. The molecule has 0 spiro atoms. The standard InChI is InChI=1S/C17H24N2O/c1-4-5-12-9-18-7-6-13-15(20-3)8-11(2)17-16(13)14(12)10-19-17/h8,10,12,18-19H,4-7,9H2,1-3H3. The molecule has 1 aliphatic rings. The SMILES string of the molecule is CCCC1CNCCc2c(OC)cc(C)c3[nH]cc1c23. The fourth-order valence-corrected chi connectivity index (χ4v) is 3.51. The van der Waals surface area contributed by atoms with Crippen molar-refractivity contribution >= 4 is 10.9 Å². The summed E-state index contributed by atoms with van der Waals surface area (Å²) >= 11 is 0. The number of hydrogen-bond acceptors (Lipinski definition) is 2. The van der Waals surface area contributed by atoms with Crippen LogP contribution in [0.4, 0.5) is 0 Å². The van der Waals surface area contributed by atoms with E-state index in [-0.39, 0.29) is 0 Å². The fraction of sp³-hybridized carbons (Fsp3) is 0.529. The predicted molar refractivity (Wildman–Crippen MR) is 83.8 cm³/mol. The van der Waals surface area contributed by atoms with Crippen molar-refractivity contribution in [3.8, 4) is 5.75 Å². The van der Waals surface area contributed by atoms with Crippen molar-refractivity contribution in [2.45, 2.75) is 39.0 Å². The molecule has 2 heterocycles. The van der Waals surface area contributed by atoms with E-state index in [1.807, 2.05) is 0 Å². The summed E-state index contributed by atoms with van der Waals surface area (Å²) in [5.74, 6) is 1.63. The number of methoxy groups -OCH3 is 1. The van der Waals surface area contributed by atoms with Gasteiger partial charge in [-0.2, -0.15) is 0 Å². The van der Waals surface area contributed by atoms with Gasteiger partial charge < -0.3 is 15.0 Å². The van der Waals surface area contributed by atoms with Gasteiger partial charge >= 0.3 is 0 Å². The highest BCUT2D eigenvalue weighted by atomic mass is 16.5. The van der Waals surface area contributed by atoms with Crippen molar-refractivity contribution in [2.24, 2.45) is 0 Å². The van der Waals surface area contributed by atoms with Crippen LogP contribution >= 0.6 is 0 Å². The zero-order chi connectivity index (χ0) is 14.1. The van der Waals surface area contributed by atoms with Gasteiger partial charge in [0, 0.05) is 29.2 Å². The lowest BCUT2D eigenvalue weighted by molar-refractivity contribution is 0.409. The number of ether oxygens (including phenoxy) is 1. The predicted octanol–water partition coefficient (Wildman–Crippen LogP) is 3.51. The Balaban J connectivity index is 2.26. The average molecular weight is 272 g/mol. The second-order valence-corrected chi connectivity index (χ2v) is 5.81. The number of aromatic nitrogens is 1. The summed E-state index contributed by atoms with van der Waals surface area (Å²) < 4.78 is 5.63. The Bertz CT molecular complexity index is 615. The van der Waals surface area contributed by atoms with E-state index in [0.717, 1.165) is 25.3 Å². The van der Waals surface area contributed by atoms with E-state index in [2.05, 4.69) is 36.4 Å². The molecule has 0 radical (unpaired) electrons. The van der Waals surface area contributed by atoms with Crippen LogP contribution in [0.15, 0.2) is 12.3 Å². The van der Waals surface area contributed by atoms with Crippen LogP contribution in [0.1, 0.15) is 42.4 Å². The van der Waals surface area contributed by atoms with Gasteiger partial charge in [0.25, 0.3) is 0 Å². The number of nitrogens with one attached hydrogen (secondary N) is 2. The Morgan fingerprint density at radius 1 is 1.40 bits per heavy atom. The highest BCUT2D eigenvalue weighted by molar-refractivity contribution is 5.91. The van der Waals surface area contributed by atoms with E-state index in [1.165, 1.54) is 40.4 Å². The Hall–Kier alpha value is -1.48. The van der Waals surface area contributed by atoms with E-state index in [4.69, 9.17) is 4.74 Å². The van der Waals surface area contributed by atoms with E-state index in [0.29, 0.717) is 5.92 Å². The Morgan fingerprint density at radius 3 is 3.00 bits per heavy atom. The zero-order valence-electron chi connectivity index (χ0n) is 12.7. The Kier molecular flexibility index (Phi) is 3.70. The highest BCUT2D eigenvalue weighted by Gasteiger charge is 2.22. The van der Waals surface area contributed by atoms with Gasteiger partial charge in [-0.25, -0.2) is 0 Å². The Labute approximate surface area is 120 Å². The van der Waals surface area contributed by atoms with Crippen molar-refractivity contribution in [1.82, 2.24) is 10.3 Å². The maximum Gasteiger partial charge on any atom is 0.123 e. The van der Waals surface area contributed by atoms with E-state index < -0.39 is 0 Å². The molecule has 1 atom stereocenters. The molecule has 1 unspecified atom stereocenters. The van der Waals surface area contributed by atoms with Crippen molar-refractivity contribution in [3.05, 3.63) is 29.0 Å². The Morgan fingerprint density at radius 2 is 2.25 bits per heavy atom. The van der Waals surface area contributed by atoms with Crippen molar-refractivity contribution < 1.29 is 4.74 Å². The smallest absolute Gasteiger partial charge is 0.123 e. The summed E-state index contributed by atoms with van der Waals surface area (Å²) in [4.78, 5) is 3.50. The zero-order valence-corrected chi connectivity index (χ0v) is 12.7. The minimum Gasteiger partial charge on any atom is -0.496 e. The molecule has 0 saturated carbocycles. The van der Waals surface area contributed by atoms with Gasteiger partial charge in [0.15, 0.2) is 0 Å². The first-order valence-corrected chi connectivity index (χ1v) is 7.64. The molecule has 0 saturated heterocycles. The molecule has 3 nitrogen and oxygen atoms in total. The number of hydrogen-bond donors (Lipinski definition) is 2. The van der Waals surface area contributed by atoms with Crippen LogP contribution in [0.3, 0.4) is 0 Å². The molecule has 3 heteroatoms. The van der Waals surface area contributed by atoms with Crippen LogP contribution in [0, 0.1) is 6.92 Å². The van der Waals surface area contributed by atoms with Crippen molar-refractivity contribution in [2.75, 3.05) is 20.2 Å². The maximum absolute atomic E-state index is 5.63. The van der Waals surface area contributed by atoms with Gasteiger partial charge in [-0.15, -0.1) is 0 Å². The van der Waals surface area contributed by atoms with Gasteiger partial charge in [-0.3, -0.25) is 0 Å². The van der Waals surface area contributed by atoms with Crippen LogP contribution in [-0.4, -0.2) is 25.2 Å². The van der Waals surface area contributed by atoms with Gasteiger partial charge in [0.2, 0.25) is 0 Å². The molecule has 0 aliphatic carbocycles. The van der Waals surface area contributed by atoms with E-state index in [9.17, 15) is 0 Å². The summed E-state index contributed by atoms with van der Waals surface area (Å²) in [7, 11) is 1.78. The molecule has 1 aromatic heterocycles. The lowest BCUT2D eigenvalue weighted by Gasteiger charge is -2.22. The minimum atomic E-state index is 0.597. The summed E-state index contributed by atoms with van der Waals surface area (Å²) in [6.07, 6.45) is 5.70. The molecule has 1 aliphatic heterocycles. The van der Waals surface area contributed by atoms with Crippen LogP contribution < -0.4 is 10.1 Å². The molecule has 3 rings (SSSR count). The number of benzene rings is 1. The number of aromatic amines is 1. The van der Waals surface area contributed by atoms with E-state index >= 15 is 0 Å². The number of rotatable bonds is 3. The van der Waals surface area contributed by atoms with Gasteiger partial charge in [0.05, 0.1) is 7.11 Å². The van der Waals surface area contributed by atoms with Crippen LogP contribution in [0.5, 0.6) is 5.75 Å². The molecule has 1 aromatic carbocycles. The lowest BCUT2D eigenvalue weighted by atomic mass is 9.89. The van der Waals surface area contributed by atoms with Gasteiger partial charge in [0.1, 0.15) is 5.75 Å². The monoisotopic (exact) mass is 272 g/mol. The summed E-state index contributed by atoms with van der Waals surface area (Å²) in [6, 6.07) is 2.16. The molecule has 0 bridgehead atoms. The number of aryl methyl sites for hydroxylation is 1. The molecule has 0 amide bonds. The van der Waals surface area contributed by atoms with Gasteiger partial charge in [-0.05, 0) is 49.4 Å². The van der Waals surface area contributed by atoms with E-state index in [1.54, 1.807) is 7.11 Å². The lowest BCUT2D eigenvalue weighted by Crippen LogP contribution is -2.26. The first-order chi connectivity index (χ1) is 9.76. The number of H-pyrrole nitrogens is 1. The van der Waals surface area contributed by atoms with Gasteiger partial charge in [-0.1, -0.05) is 13.3 Å². The second-order valence-electron chi connectivity index (χ2n) is 5.81. The third-order valence-electron chi connectivity index (χ3n) is 4.49. The molecule has 108 valence electrons. The largest absolute Gasteiger partial charge is 0.496 e. The summed E-state index contributed by atoms with van der Waals surface area (Å²) in [5.41, 5.74) is 5.39. The highest BCUT2D eigenvalue weighted by Crippen LogP contribution is 2.38. The molecular weight excluding hydrogens is 248 g/mol. The summed E-state index contributed by atoms with van der Waals surface area (Å²) in [5, 5.41) is 5.01. The first-order valence-electron chi connectivity index (χ1n) is 7.64. The quantitative estimate of drug-likeness (QED) is 0.897. The molecule has 2 N–H and O–H groups in total. The first kappa shape index (κ1) is 13.5. The van der Waals surface area contributed by atoms with Crippen LogP contribution in [-0.2, 0) is 6.42 Å². The second kappa shape index (κ2) is 5.49. The van der Waals surface area contributed by atoms with Crippen LogP contribution in [0.2, 0.25) is 0 Å².